The SMILES string of the molecule is CCc1cnc(C(C)NC(C)c2cccc(OC)c2)s1. The van der Waals surface area contributed by atoms with Crippen LogP contribution in [0.3, 0.4) is 0 Å². The molecule has 1 N–H and O–H groups in total. The van der Waals surface area contributed by atoms with Crippen molar-refractivity contribution in [3.63, 3.8) is 0 Å². The van der Waals surface area contributed by atoms with Crippen molar-refractivity contribution in [2.45, 2.75) is 39.3 Å². The molecular weight excluding hydrogens is 268 g/mol. The van der Waals surface area contributed by atoms with Gasteiger partial charge in [-0.1, -0.05) is 19.1 Å². The predicted octanol–water partition coefficient (Wildman–Crippen LogP) is 4.13. The van der Waals surface area contributed by atoms with E-state index in [1.807, 2.05) is 18.3 Å². The number of nitrogens with one attached hydrogen (secondary N) is 1. The van der Waals surface area contributed by atoms with Crippen LogP contribution in [0.4, 0.5) is 0 Å². The highest BCUT2D eigenvalue weighted by atomic mass is 32.1. The zero-order valence-electron chi connectivity index (χ0n) is 12.5. The molecule has 2 atom stereocenters. The normalized spacial score (nSPS) is 14.0. The Morgan fingerprint density at radius 2 is 2.10 bits per heavy atom. The van der Waals surface area contributed by atoms with Crippen LogP contribution in [0.1, 0.15) is 48.3 Å². The van der Waals surface area contributed by atoms with Crippen molar-refractivity contribution in [1.29, 1.82) is 0 Å². The molecule has 4 heteroatoms. The Bertz CT molecular complexity index is 553. The van der Waals surface area contributed by atoms with Crippen molar-refractivity contribution in [1.82, 2.24) is 10.3 Å². The van der Waals surface area contributed by atoms with Gasteiger partial charge in [0.05, 0.1) is 13.2 Å². The molecule has 0 saturated heterocycles. The fourth-order valence-corrected chi connectivity index (χ4v) is 3.01. The first-order valence-electron chi connectivity index (χ1n) is 6.98. The fraction of sp³-hybridized carbons (Fsp3) is 0.438. The summed E-state index contributed by atoms with van der Waals surface area (Å²) in [7, 11) is 1.70. The van der Waals surface area contributed by atoms with E-state index in [9.17, 15) is 0 Å². The Kier molecular flexibility index (Phi) is 5.15. The zero-order chi connectivity index (χ0) is 14.5. The Morgan fingerprint density at radius 3 is 2.75 bits per heavy atom. The van der Waals surface area contributed by atoms with Crippen molar-refractivity contribution in [3.8, 4) is 5.75 Å². The molecule has 0 aliphatic carbocycles. The molecule has 2 aromatic rings. The first-order valence-corrected chi connectivity index (χ1v) is 7.80. The minimum atomic E-state index is 0.251. The molecule has 0 bridgehead atoms. The second kappa shape index (κ2) is 6.86. The molecule has 0 fully saturated rings. The quantitative estimate of drug-likeness (QED) is 0.868. The highest BCUT2D eigenvalue weighted by molar-refractivity contribution is 7.11. The number of nitrogens with zero attached hydrogens (tertiary/aromatic N) is 1. The number of methoxy groups -OCH3 is 1. The standard InChI is InChI=1S/C16H22N2OS/c1-5-15-10-17-16(20-15)12(3)18-11(2)13-7-6-8-14(9-13)19-4/h6-12,18H,5H2,1-4H3. The third kappa shape index (κ3) is 3.58. The second-order valence-corrected chi connectivity index (χ2v) is 6.05. The molecule has 20 heavy (non-hydrogen) atoms. The average Bonchev–Trinajstić information content (AvgIpc) is 2.96. The van der Waals surface area contributed by atoms with E-state index in [1.165, 1.54) is 10.4 Å². The number of rotatable bonds is 6. The molecular formula is C16H22N2OS. The van der Waals surface area contributed by atoms with Gasteiger partial charge in [0.1, 0.15) is 10.8 Å². The Balaban J connectivity index is 2.04. The number of aryl methyl sites for hydroxylation is 1. The van der Waals surface area contributed by atoms with Gasteiger partial charge in [-0.15, -0.1) is 11.3 Å². The molecule has 0 spiro atoms. The number of ether oxygens (including phenoxy) is 1. The van der Waals surface area contributed by atoms with Gasteiger partial charge in [-0.3, -0.25) is 0 Å². The lowest BCUT2D eigenvalue weighted by Crippen LogP contribution is -2.22. The molecule has 0 aliphatic rings. The highest BCUT2D eigenvalue weighted by Crippen LogP contribution is 2.25. The van der Waals surface area contributed by atoms with Crippen LogP contribution in [0.2, 0.25) is 0 Å². The van der Waals surface area contributed by atoms with Crippen molar-refractivity contribution in [3.05, 3.63) is 45.9 Å². The van der Waals surface area contributed by atoms with Crippen LogP contribution in [-0.2, 0) is 6.42 Å². The largest absolute Gasteiger partial charge is 0.497 e. The molecule has 0 saturated carbocycles. The van der Waals surface area contributed by atoms with Gasteiger partial charge in [0.25, 0.3) is 0 Å². The average molecular weight is 290 g/mol. The van der Waals surface area contributed by atoms with E-state index in [0.717, 1.165) is 17.2 Å². The fourth-order valence-electron chi connectivity index (χ4n) is 2.14. The summed E-state index contributed by atoms with van der Waals surface area (Å²) in [6, 6.07) is 8.69. The van der Waals surface area contributed by atoms with Crippen LogP contribution in [-0.4, -0.2) is 12.1 Å². The van der Waals surface area contributed by atoms with Crippen LogP contribution >= 0.6 is 11.3 Å². The summed E-state index contributed by atoms with van der Waals surface area (Å²) in [4.78, 5) is 5.83. The van der Waals surface area contributed by atoms with Crippen LogP contribution < -0.4 is 10.1 Å². The Morgan fingerprint density at radius 1 is 1.30 bits per heavy atom. The monoisotopic (exact) mass is 290 g/mol. The minimum absolute atomic E-state index is 0.251. The lowest BCUT2D eigenvalue weighted by atomic mass is 10.1. The molecule has 3 nitrogen and oxygen atoms in total. The van der Waals surface area contributed by atoms with Gasteiger partial charge >= 0.3 is 0 Å². The predicted molar refractivity (Wildman–Crippen MR) is 84.5 cm³/mol. The number of hydrogen-bond donors (Lipinski definition) is 1. The molecule has 1 aromatic carbocycles. The summed E-state index contributed by atoms with van der Waals surface area (Å²) in [5.41, 5.74) is 1.23. The molecule has 0 amide bonds. The van der Waals surface area contributed by atoms with Crippen LogP contribution in [0.15, 0.2) is 30.5 Å². The van der Waals surface area contributed by atoms with Crippen LogP contribution in [0, 0.1) is 0 Å². The van der Waals surface area contributed by atoms with Crippen molar-refractivity contribution in [2.24, 2.45) is 0 Å². The van der Waals surface area contributed by atoms with Crippen molar-refractivity contribution < 1.29 is 4.74 Å². The molecule has 0 aliphatic heterocycles. The summed E-state index contributed by atoms with van der Waals surface area (Å²) in [6.45, 7) is 6.49. The molecule has 0 radical (unpaired) electrons. The first kappa shape index (κ1) is 15.0. The van der Waals surface area contributed by atoms with Gasteiger partial charge in [0.2, 0.25) is 0 Å². The third-order valence-electron chi connectivity index (χ3n) is 3.38. The number of benzene rings is 1. The Labute approximate surface area is 125 Å². The maximum Gasteiger partial charge on any atom is 0.119 e. The summed E-state index contributed by atoms with van der Waals surface area (Å²) in [5, 5.41) is 4.74. The van der Waals surface area contributed by atoms with E-state index in [-0.39, 0.29) is 12.1 Å². The van der Waals surface area contributed by atoms with Gasteiger partial charge in [-0.25, -0.2) is 4.98 Å². The van der Waals surface area contributed by atoms with Gasteiger partial charge in [-0.2, -0.15) is 0 Å². The van der Waals surface area contributed by atoms with Crippen LogP contribution in [0.5, 0.6) is 5.75 Å². The van der Waals surface area contributed by atoms with E-state index in [1.54, 1.807) is 18.4 Å². The highest BCUT2D eigenvalue weighted by Gasteiger charge is 2.14. The van der Waals surface area contributed by atoms with Gasteiger partial charge in [0, 0.05) is 17.1 Å². The second-order valence-electron chi connectivity index (χ2n) is 4.91. The zero-order valence-corrected chi connectivity index (χ0v) is 13.3. The molecule has 108 valence electrons. The van der Waals surface area contributed by atoms with Crippen molar-refractivity contribution in [2.75, 3.05) is 7.11 Å². The van der Waals surface area contributed by atoms with E-state index in [4.69, 9.17) is 4.74 Å². The maximum atomic E-state index is 5.27. The van der Waals surface area contributed by atoms with E-state index in [2.05, 4.69) is 43.2 Å². The summed E-state index contributed by atoms with van der Waals surface area (Å²) >= 11 is 1.79. The molecule has 2 unspecified atom stereocenters. The Hall–Kier alpha value is -1.39. The molecule has 2 rings (SSSR count). The number of aromatic nitrogens is 1. The lowest BCUT2D eigenvalue weighted by Gasteiger charge is -2.19. The van der Waals surface area contributed by atoms with E-state index in [0.29, 0.717) is 0 Å². The van der Waals surface area contributed by atoms with Gasteiger partial charge in [0.15, 0.2) is 0 Å². The minimum Gasteiger partial charge on any atom is -0.497 e. The maximum absolute atomic E-state index is 5.27. The van der Waals surface area contributed by atoms with E-state index >= 15 is 0 Å². The number of thiazole rings is 1. The van der Waals surface area contributed by atoms with Crippen molar-refractivity contribution >= 4 is 11.3 Å². The third-order valence-corrected chi connectivity index (χ3v) is 4.71. The summed E-state index contributed by atoms with van der Waals surface area (Å²) in [6.07, 6.45) is 3.03. The smallest absolute Gasteiger partial charge is 0.119 e. The van der Waals surface area contributed by atoms with Gasteiger partial charge < -0.3 is 10.1 Å². The van der Waals surface area contributed by atoms with Gasteiger partial charge in [-0.05, 0) is 38.0 Å². The molecule has 1 heterocycles. The van der Waals surface area contributed by atoms with Crippen LogP contribution in [0.25, 0.3) is 0 Å². The molecule has 1 aromatic heterocycles. The lowest BCUT2D eigenvalue weighted by molar-refractivity contribution is 0.412. The topological polar surface area (TPSA) is 34.2 Å². The summed E-state index contributed by atoms with van der Waals surface area (Å²) < 4.78 is 5.27. The van der Waals surface area contributed by atoms with E-state index < -0.39 is 0 Å². The summed E-state index contributed by atoms with van der Waals surface area (Å²) in [5.74, 6) is 0.895. The number of hydrogen-bond acceptors (Lipinski definition) is 4. The first-order chi connectivity index (χ1) is 9.63.